The van der Waals surface area contributed by atoms with Crippen molar-refractivity contribution in [3.05, 3.63) is 71.0 Å². The fraction of sp³-hybridized carbons (Fsp3) is 0.263. The highest BCUT2D eigenvalue weighted by Crippen LogP contribution is 2.47. The van der Waals surface area contributed by atoms with E-state index in [1.165, 1.54) is 12.1 Å². The molecule has 5 heteroatoms. The lowest BCUT2D eigenvalue weighted by Gasteiger charge is -2.06. The fourth-order valence-corrected chi connectivity index (χ4v) is 2.84. The van der Waals surface area contributed by atoms with Gasteiger partial charge in [0, 0.05) is 12.5 Å². The molecule has 0 spiro atoms. The molecule has 2 atom stereocenters. The van der Waals surface area contributed by atoms with Gasteiger partial charge >= 0.3 is 5.97 Å². The SMILES string of the molecule is O=C(O)c1ccc(CCNC(=O)C2CC2c2ccc(F)cc2)cc1. The smallest absolute Gasteiger partial charge is 0.335 e. The zero-order chi connectivity index (χ0) is 17.1. The van der Waals surface area contributed by atoms with Crippen LogP contribution in [0, 0.1) is 11.7 Å². The van der Waals surface area contributed by atoms with E-state index < -0.39 is 5.97 Å². The Morgan fingerprint density at radius 1 is 1.08 bits per heavy atom. The van der Waals surface area contributed by atoms with Crippen LogP contribution in [0.2, 0.25) is 0 Å². The second kappa shape index (κ2) is 6.83. The third-order valence-corrected chi connectivity index (χ3v) is 4.34. The zero-order valence-electron chi connectivity index (χ0n) is 13.0. The predicted octanol–water partition coefficient (Wildman–Crippen LogP) is 2.99. The zero-order valence-corrected chi connectivity index (χ0v) is 13.0. The molecule has 2 unspecified atom stereocenters. The van der Waals surface area contributed by atoms with Gasteiger partial charge in [-0.05, 0) is 54.2 Å². The first-order valence-electron chi connectivity index (χ1n) is 7.90. The van der Waals surface area contributed by atoms with E-state index in [1.54, 1.807) is 36.4 Å². The summed E-state index contributed by atoms with van der Waals surface area (Å²) < 4.78 is 12.9. The number of halogens is 1. The number of carbonyl (C=O) groups is 2. The molecular formula is C19H18FNO3. The standard InChI is InChI=1S/C19H18FNO3/c20-15-7-5-13(6-8-15)16-11-17(16)18(22)21-10-9-12-1-3-14(4-2-12)19(23)24/h1-8,16-17H,9-11H2,(H,21,22)(H,23,24). The molecule has 4 nitrogen and oxygen atoms in total. The maximum Gasteiger partial charge on any atom is 0.335 e. The minimum absolute atomic E-state index is 0.0199. The minimum atomic E-state index is -0.949. The molecule has 0 aromatic heterocycles. The Morgan fingerprint density at radius 3 is 2.38 bits per heavy atom. The van der Waals surface area contributed by atoms with E-state index >= 15 is 0 Å². The van der Waals surface area contributed by atoms with Gasteiger partial charge in [-0.25, -0.2) is 9.18 Å². The topological polar surface area (TPSA) is 66.4 Å². The predicted molar refractivity (Wildman–Crippen MR) is 87.4 cm³/mol. The highest BCUT2D eigenvalue weighted by Gasteiger charge is 2.43. The summed E-state index contributed by atoms with van der Waals surface area (Å²) in [6.45, 7) is 0.512. The molecule has 0 heterocycles. The van der Waals surface area contributed by atoms with Crippen molar-refractivity contribution in [2.24, 2.45) is 5.92 Å². The molecule has 1 aliphatic carbocycles. The van der Waals surface area contributed by atoms with Gasteiger partial charge in [0.1, 0.15) is 5.82 Å². The van der Waals surface area contributed by atoms with Crippen LogP contribution >= 0.6 is 0 Å². The molecule has 24 heavy (non-hydrogen) atoms. The van der Waals surface area contributed by atoms with Crippen LogP contribution in [0.1, 0.15) is 33.8 Å². The summed E-state index contributed by atoms with van der Waals surface area (Å²) in [5.41, 5.74) is 2.23. The summed E-state index contributed by atoms with van der Waals surface area (Å²) in [7, 11) is 0. The van der Waals surface area contributed by atoms with Crippen LogP contribution in [0.25, 0.3) is 0 Å². The summed E-state index contributed by atoms with van der Waals surface area (Å²) in [6, 6.07) is 12.9. The third kappa shape index (κ3) is 3.79. The monoisotopic (exact) mass is 327 g/mol. The quantitative estimate of drug-likeness (QED) is 0.857. The van der Waals surface area contributed by atoms with Crippen LogP contribution in [-0.2, 0) is 11.2 Å². The molecule has 0 bridgehead atoms. The van der Waals surface area contributed by atoms with Gasteiger partial charge in [-0.3, -0.25) is 4.79 Å². The van der Waals surface area contributed by atoms with E-state index in [9.17, 15) is 14.0 Å². The van der Waals surface area contributed by atoms with E-state index in [-0.39, 0.29) is 29.1 Å². The van der Waals surface area contributed by atoms with Gasteiger partial charge in [0.05, 0.1) is 5.56 Å². The largest absolute Gasteiger partial charge is 0.478 e. The lowest BCUT2D eigenvalue weighted by Crippen LogP contribution is -2.27. The van der Waals surface area contributed by atoms with Gasteiger partial charge in [0.2, 0.25) is 5.91 Å². The van der Waals surface area contributed by atoms with E-state index in [0.717, 1.165) is 17.5 Å². The number of hydrogen-bond donors (Lipinski definition) is 2. The second-order valence-corrected chi connectivity index (χ2v) is 6.04. The normalized spacial score (nSPS) is 18.9. The Kier molecular flexibility index (Phi) is 4.60. The number of carboxylic acid groups (broad SMARTS) is 1. The number of benzene rings is 2. The molecule has 1 aliphatic rings. The van der Waals surface area contributed by atoms with E-state index in [2.05, 4.69) is 5.32 Å². The lowest BCUT2D eigenvalue weighted by atomic mass is 10.1. The molecular weight excluding hydrogens is 309 g/mol. The summed E-state index contributed by atoms with van der Waals surface area (Å²) in [5.74, 6) is -1.05. The van der Waals surface area contributed by atoms with Gasteiger partial charge in [0.15, 0.2) is 0 Å². The van der Waals surface area contributed by atoms with Crippen molar-refractivity contribution in [2.75, 3.05) is 6.54 Å². The van der Waals surface area contributed by atoms with Gasteiger partial charge in [-0.1, -0.05) is 24.3 Å². The number of nitrogens with one attached hydrogen (secondary N) is 1. The molecule has 1 amide bonds. The number of hydrogen-bond acceptors (Lipinski definition) is 2. The highest BCUT2D eigenvalue weighted by molar-refractivity contribution is 5.87. The van der Waals surface area contributed by atoms with Crippen molar-refractivity contribution < 1.29 is 19.1 Å². The van der Waals surface area contributed by atoms with Crippen LogP contribution in [-0.4, -0.2) is 23.5 Å². The molecule has 3 rings (SSSR count). The third-order valence-electron chi connectivity index (χ3n) is 4.34. The number of rotatable bonds is 6. The average Bonchev–Trinajstić information content (AvgIpc) is 3.36. The highest BCUT2D eigenvalue weighted by atomic mass is 19.1. The summed E-state index contributed by atoms with van der Waals surface area (Å²) in [6.07, 6.45) is 1.45. The summed E-state index contributed by atoms with van der Waals surface area (Å²) >= 11 is 0. The van der Waals surface area contributed by atoms with Crippen molar-refractivity contribution in [3.63, 3.8) is 0 Å². The van der Waals surface area contributed by atoms with Crippen LogP contribution in [0.15, 0.2) is 48.5 Å². The maximum atomic E-state index is 12.9. The van der Waals surface area contributed by atoms with Crippen molar-refractivity contribution in [2.45, 2.75) is 18.8 Å². The molecule has 2 N–H and O–H groups in total. The van der Waals surface area contributed by atoms with Gasteiger partial charge < -0.3 is 10.4 Å². The first-order chi connectivity index (χ1) is 11.5. The average molecular weight is 327 g/mol. The molecule has 124 valence electrons. The maximum absolute atomic E-state index is 12.9. The van der Waals surface area contributed by atoms with E-state index in [1.807, 2.05) is 0 Å². The van der Waals surface area contributed by atoms with E-state index in [4.69, 9.17) is 5.11 Å². The lowest BCUT2D eigenvalue weighted by molar-refractivity contribution is -0.122. The van der Waals surface area contributed by atoms with Crippen LogP contribution < -0.4 is 5.32 Å². The molecule has 2 aromatic carbocycles. The number of amides is 1. The summed E-state index contributed by atoms with van der Waals surface area (Å²) in [5, 5.41) is 11.8. The van der Waals surface area contributed by atoms with Crippen LogP contribution in [0.5, 0.6) is 0 Å². The van der Waals surface area contributed by atoms with Crippen molar-refractivity contribution in [3.8, 4) is 0 Å². The second-order valence-electron chi connectivity index (χ2n) is 6.04. The molecule has 2 aromatic rings. The van der Waals surface area contributed by atoms with Gasteiger partial charge in [0.25, 0.3) is 0 Å². The van der Waals surface area contributed by atoms with E-state index in [0.29, 0.717) is 13.0 Å². The Bertz CT molecular complexity index is 740. The molecule has 0 saturated heterocycles. The van der Waals surface area contributed by atoms with Crippen LogP contribution in [0.3, 0.4) is 0 Å². The van der Waals surface area contributed by atoms with Gasteiger partial charge in [-0.15, -0.1) is 0 Å². The Hall–Kier alpha value is -2.69. The van der Waals surface area contributed by atoms with Crippen LogP contribution in [0.4, 0.5) is 4.39 Å². The number of carbonyl (C=O) groups excluding carboxylic acids is 1. The summed E-state index contributed by atoms with van der Waals surface area (Å²) in [4.78, 5) is 22.9. The molecule has 1 saturated carbocycles. The van der Waals surface area contributed by atoms with Crippen molar-refractivity contribution in [1.82, 2.24) is 5.32 Å². The van der Waals surface area contributed by atoms with Crippen molar-refractivity contribution >= 4 is 11.9 Å². The van der Waals surface area contributed by atoms with Gasteiger partial charge in [-0.2, -0.15) is 0 Å². The Balaban J connectivity index is 1.45. The molecule has 1 fully saturated rings. The Morgan fingerprint density at radius 2 is 1.75 bits per heavy atom. The van der Waals surface area contributed by atoms with Crippen molar-refractivity contribution in [1.29, 1.82) is 0 Å². The molecule has 0 aliphatic heterocycles. The first-order valence-corrected chi connectivity index (χ1v) is 7.90. The number of aromatic carboxylic acids is 1. The fourth-order valence-electron chi connectivity index (χ4n) is 2.84. The number of carboxylic acids is 1. The first kappa shape index (κ1) is 16.2. The Labute approximate surface area is 139 Å². The molecule has 0 radical (unpaired) electrons. The minimum Gasteiger partial charge on any atom is -0.478 e.